The Kier molecular flexibility index (Phi) is 3.54. The lowest BCUT2D eigenvalue weighted by atomic mass is 10.2. The van der Waals surface area contributed by atoms with Crippen LogP contribution in [0.2, 0.25) is 0 Å². The Hall–Kier alpha value is -1.68. The average molecular weight is 231 g/mol. The first-order valence-electron chi connectivity index (χ1n) is 5.90. The summed E-state index contributed by atoms with van der Waals surface area (Å²) in [5, 5.41) is 9.08. The molecule has 1 aromatic heterocycles. The van der Waals surface area contributed by atoms with Crippen LogP contribution in [0.25, 0.3) is 10.8 Å². The molecule has 0 bridgehead atoms. The van der Waals surface area contributed by atoms with Gasteiger partial charge in [-0.3, -0.25) is 4.79 Å². The van der Waals surface area contributed by atoms with Gasteiger partial charge >= 0.3 is 0 Å². The van der Waals surface area contributed by atoms with E-state index < -0.39 is 0 Å². The fourth-order valence-corrected chi connectivity index (χ4v) is 1.93. The smallest absolute Gasteiger partial charge is 0.274 e. The molecule has 1 atom stereocenters. The van der Waals surface area contributed by atoms with Crippen LogP contribution in [0.4, 0.5) is 0 Å². The van der Waals surface area contributed by atoms with E-state index in [1.165, 1.54) is 4.68 Å². The molecule has 1 N–H and O–H groups in total. The van der Waals surface area contributed by atoms with Crippen molar-refractivity contribution < 1.29 is 0 Å². The fourth-order valence-electron chi connectivity index (χ4n) is 1.93. The summed E-state index contributed by atoms with van der Waals surface area (Å²) in [4.78, 5) is 12.1. The lowest BCUT2D eigenvalue weighted by molar-refractivity contribution is 0.449. The number of hydrogen-bond acceptors (Lipinski definition) is 3. The molecule has 4 heteroatoms. The van der Waals surface area contributed by atoms with E-state index in [4.69, 9.17) is 0 Å². The van der Waals surface area contributed by atoms with Gasteiger partial charge in [-0.15, -0.1) is 0 Å². The lowest BCUT2D eigenvalue weighted by Crippen LogP contribution is -2.35. The van der Waals surface area contributed by atoms with Gasteiger partial charge in [0.1, 0.15) is 0 Å². The number of rotatable bonds is 4. The molecule has 0 aliphatic carbocycles. The zero-order valence-electron chi connectivity index (χ0n) is 10.2. The molecule has 0 aliphatic rings. The Labute approximate surface area is 100 Å². The predicted octanol–water partition coefficient (Wildman–Crippen LogP) is 1.39. The summed E-state index contributed by atoms with van der Waals surface area (Å²) in [6.45, 7) is 5.58. The number of aromatic nitrogens is 2. The van der Waals surface area contributed by atoms with Gasteiger partial charge in [0.2, 0.25) is 0 Å². The third kappa shape index (κ3) is 2.53. The van der Waals surface area contributed by atoms with Crippen LogP contribution in [0.15, 0.2) is 35.3 Å². The zero-order chi connectivity index (χ0) is 12.3. The topological polar surface area (TPSA) is 46.9 Å². The molecular formula is C13H17N3O. The molecule has 17 heavy (non-hydrogen) atoms. The first kappa shape index (κ1) is 11.8. The SMILES string of the molecule is CCNC(C)Cn1ncc2ccccc2c1=O. The normalized spacial score (nSPS) is 12.8. The molecule has 2 aromatic rings. The quantitative estimate of drug-likeness (QED) is 0.865. The summed E-state index contributed by atoms with van der Waals surface area (Å²) in [6.07, 6.45) is 1.75. The molecule has 1 aromatic carbocycles. The van der Waals surface area contributed by atoms with Crippen LogP contribution in [0, 0.1) is 0 Å². The van der Waals surface area contributed by atoms with Gasteiger partial charge in [-0.2, -0.15) is 5.10 Å². The summed E-state index contributed by atoms with van der Waals surface area (Å²) in [5.41, 5.74) is -0.0205. The summed E-state index contributed by atoms with van der Waals surface area (Å²) in [5.74, 6) is 0. The summed E-state index contributed by atoms with van der Waals surface area (Å²) >= 11 is 0. The monoisotopic (exact) mass is 231 g/mol. The number of nitrogens with one attached hydrogen (secondary N) is 1. The van der Waals surface area contributed by atoms with Crippen LogP contribution in [-0.2, 0) is 6.54 Å². The van der Waals surface area contributed by atoms with Gasteiger partial charge in [-0.1, -0.05) is 25.1 Å². The van der Waals surface area contributed by atoms with E-state index in [0.29, 0.717) is 6.54 Å². The largest absolute Gasteiger partial charge is 0.313 e. The maximum absolute atomic E-state index is 12.1. The highest BCUT2D eigenvalue weighted by Crippen LogP contribution is 2.06. The summed E-state index contributed by atoms with van der Waals surface area (Å²) in [6, 6.07) is 7.78. The Morgan fingerprint density at radius 1 is 1.41 bits per heavy atom. The lowest BCUT2D eigenvalue weighted by Gasteiger charge is -2.13. The van der Waals surface area contributed by atoms with Crippen molar-refractivity contribution >= 4 is 10.8 Å². The number of benzene rings is 1. The molecule has 0 spiro atoms. The van der Waals surface area contributed by atoms with E-state index in [1.807, 2.05) is 38.1 Å². The van der Waals surface area contributed by atoms with Crippen LogP contribution in [-0.4, -0.2) is 22.4 Å². The van der Waals surface area contributed by atoms with Gasteiger partial charge in [-0.05, 0) is 19.5 Å². The molecule has 1 heterocycles. The Morgan fingerprint density at radius 2 is 2.18 bits per heavy atom. The van der Waals surface area contributed by atoms with Crippen LogP contribution in [0.5, 0.6) is 0 Å². The Morgan fingerprint density at radius 3 is 2.94 bits per heavy atom. The van der Waals surface area contributed by atoms with E-state index in [1.54, 1.807) is 6.20 Å². The molecule has 1 unspecified atom stereocenters. The van der Waals surface area contributed by atoms with Crippen molar-refractivity contribution in [1.82, 2.24) is 15.1 Å². The van der Waals surface area contributed by atoms with Gasteiger partial charge in [0.05, 0.1) is 18.1 Å². The second kappa shape index (κ2) is 5.10. The molecule has 0 amide bonds. The number of nitrogens with zero attached hydrogens (tertiary/aromatic N) is 2. The van der Waals surface area contributed by atoms with Gasteiger partial charge in [-0.25, -0.2) is 4.68 Å². The highest BCUT2D eigenvalue weighted by molar-refractivity contribution is 5.80. The second-order valence-electron chi connectivity index (χ2n) is 4.18. The number of hydrogen-bond donors (Lipinski definition) is 1. The maximum atomic E-state index is 12.1. The predicted molar refractivity (Wildman–Crippen MR) is 69.1 cm³/mol. The molecular weight excluding hydrogens is 214 g/mol. The Bertz CT molecular complexity index is 562. The van der Waals surface area contributed by atoms with E-state index >= 15 is 0 Å². The van der Waals surface area contributed by atoms with Crippen molar-refractivity contribution in [3.05, 3.63) is 40.8 Å². The van der Waals surface area contributed by atoms with Crippen molar-refractivity contribution in [3.8, 4) is 0 Å². The first-order chi connectivity index (χ1) is 8.22. The number of likely N-dealkylation sites (N-methyl/N-ethyl adjacent to an activating group) is 1. The first-order valence-corrected chi connectivity index (χ1v) is 5.90. The van der Waals surface area contributed by atoms with E-state index in [-0.39, 0.29) is 11.6 Å². The summed E-state index contributed by atoms with van der Waals surface area (Å²) < 4.78 is 1.52. The highest BCUT2D eigenvalue weighted by atomic mass is 16.1. The van der Waals surface area contributed by atoms with Crippen molar-refractivity contribution in [2.75, 3.05) is 6.54 Å². The average Bonchev–Trinajstić information content (AvgIpc) is 2.33. The van der Waals surface area contributed by atoms with Crippen LogP contribution in [0.1, 0.15) is 13.8 Å². The van der Waals surface area contributed by atoms with E-state index in [0.717, 1.165) is 17.3 Å². The third-order valence-electron chi connectivity index (χ3n) is 2.76. The molecule has 0 fully saturated rings. The van der Waals surface area contributed by atoms with Gasteiger partial charge in [0.15, 0.2) is 0 Å². The Balaban J connectivity index is 2.36. The molecule has 4 nitrogen and oxygen atoms in total. The van der Waals surface area contributed by atoms with Gasteiger partial charge in [0, 0.05) is 11.4 Å². The standard InChI is InChI=1S/C13H17N3O/c1-3-14-10(2)9-16-13(17)12-7-5-4-6-11(12)8-15-16/h4-8,10,14H,3,9H2,1-2H3. The third-order valence-corrected chi connectivity index (χ3v) is 2.76. The minimum Gasteiger partial charge on any atom is -0.313 e. The van der Waals surface area contributed by atoms with Crippen LogP contribution in [0.3, 0.4) is 0 Å². The van der Waals surface area contributed by atoms with Crippen molar-refractivity contribution in [2.45, 2.75) is 26.4 Å². The zero-order valence-corrected chi connectivity index (χ0v) is 10.2. The minimum absolute atomic E-state index is 0.0205. The van der Waals surface area contributed by atoms with Crippen molar-refractivity contribution in [1.29, 1.82) is 0 Å². The second-order valence-corrected chi connectivity index (χ2v) is 4.18. The summed E-state index contributed by atoms with van der Waals surface area (Å²) in [7, 11) is 0. The van der Waals surface area contributed by atoms with Crippen LogP contribution < -0.4 is 10.9 Å². The maximum Gasteiger partial charge on any atom is 0.274 e. The highest BCUT2D eigenvalue weighted by Gasteiger charge is 2.06. The minimum atomic E-state index is -0.0205. The van der Waals surface area contributed by atoms with Crippen molar-refractivity contribution in [3.63, 3.8) is 0 Å². The molecule has 0 saturated carbocycles. The van der Waals surface area contributed by atoms with E-state index in [2.05, 4.69) is 10.4 Å². The van der Waals surface area contributed by atoms with Gasteiger partial charge in [0.25, 0.3) is 5.56 Å². The molecule has 90 valence electrons. The molecule has 0 aliphatic heterocycles. The molecule has 0 radical (unpaired) electrons. The number of fused-ring (bicyclic) bond motifs is 1. The van der Waals surface area contributed by atoms with Crippen LogP contribution >= 0.6 is 0 Å². The fraction of sp³-hybridized carbons (Fsp3) is 0.385. The molecule has 2 rings (SSSR count). The van der Waals surface area contributed by atoms with Crippen molar-refractivity contribution in [2.24, 2.45) is 0 Å². The van der Waals surface area contributed by atoms with E-state index in [9.17, 15) is 4.79 Å². The molecule has 0 saturated heterocycles. The van der Waals surface area contributed by atoms with Gasteiger partial charge < -0.3 is 5.32 Å².